The standard InChI is InChI=1S/C15H21NO4.Na.H/c1-4-19-15(18)9-11(2)16-10-13-7-5-6-8-14(13)20-12(3)17;;/h5-6,9,16H,4,7-8,10H2,1-3H3;;/b11-9+;;. The third kappa shape index (κ3) is 8.09. The van der Waals surface area contributed by atoms with Crippen molar-refractivity contribution in [3.63, 3.8) is 0 Å². The molecule has 0 spiro atoms. The molecule has 0 aromatic heterocycles. The van der Waals surface area contributed by atoms with Gasteiger partial charge >= 0.3 is 41.5 Å². The molecule has 0 aromatic rings. The van der Waals surface area contributed by atoms with Crippen LogP contribution < -0.4 is 5.32 Å². The van der Waals surface area contributed by atoms with E-state index in [0.29, 0.717) is 31.0 Å². The van der Waals surface area contributed by atoms with Crippen molar-refractivity contribution in [2.24, 2.45) is 0 Å². The molecule has 1 aliphatic rings. The van der Waals surface area contributed by atoms with Gasteiger partial charge in [0.25, 0.3) is 0 Å². The summed E-state index contributed by atoms with van der Waals surface area (Å²) in [5, 5.41) is 3.12. The maximum atomic E-state index is 11.3. The molecule has 0 heterocycles. The number of nitrogens with one attached hydrogen (secondary N) is 1. The van der Waals surface area contributed by atoms with Gasteiger partial charge in [-0.1, -0.05) is 12.2 Å². The summed E-state index contributed by atoms with van der Waals surface area (Å²) in [7, 11) is 0. The van der Waals surface area contributed by atoms with Crippen molar-refractivity contribution in [1.82, 2.24) is 5.32 Å². The second-order valence-electron chi connectivity index (χ2n) is 4.43. The molecule has 112 valence electrons. The topological polar surface area (TPSA) is 64.6 Å². The minimum absolute atomic E-state index is 0. The van der Waals surface area contributed by atoms with Crippen molar-refractivity contribution < 1.29 is 19.1 Å². The van der Waals surface area contributed by atoms with E-state index in [1.165, 1.54) is 13.0 Å². The van der Waals surface area contributed by atoms with Gasteiger partial charge < -0.3 is 14.8 Å². The fourth-order valence-corrected chi connectivity index (χ4v) is 1.79. The molecule has 0 atom stereocenters. The van der Waals surface area contributed by atoms with Crippen LogP contribution in [-0.4, -0.2) is 54.6 Å². The van der Waals surface area contributed by atoms with E-state index in [1.807, 2.05) is 12.2 Å². The number of hydrogen-bond acceptors (Lipinski definition) is 5. The first-order valence-corrected chi connectivity index (χ1v) is 6.66. The van der Waals surface area contributed by atoms with Crippen molar-refractivity contribution >= 4 is 41.5 Å². The van der Waals surface area contributed by atoms with Gasteiger partial charge in [0.1, 0.15) is 5.76 Å². The molecule has 21 heavy (non-hydrogen) atoms. The number of ether oxygens (including phenoxy) is 2. The summed E-state index contributed by atoms with van der Waals surface area (Å²) in [4.78, 5) is 22.3. The summed E-state index contributed by atoms with van der Waals surface area (Å²) in [5.41, 5.74) is 1.73. The number of allylic oxidation sites excluding steroid dienone is 3. The van der Waals surface area contributed by atoms with Crippen molar-refractivity contribution in [2.45, 2.75) is 33.6 Å². The van der Waals surface area contributed by atoms with Gasteiger partial charge in [-0.3, -0.25) is 4.79 Å². The SMILES string of the molecule is CCOC(=O)/C=C(\C)NCC1=C(OC(C)=O)CC=CC1.[NaH]. The molecule has 1 rings (SSSR count). The molecular weight excluding hydrogens is 281 g/mol. The average molecular weight is 303 g/mol. The Balaban J connectivity index is 0.00000400. The van der Waals surface area contributed by atoms with E-state index in [-0.39, 0.29) is 41.5 Å². The molecule has 0 aliphatic heterocycles. The fourth-order valence-electron chi connectivity index (χ4n) is 1.79. The molecule has 6 heteroatoms. The van der Waals surface area contributed by atoms with Crippen LogP contribution in [0.3, 0.4) is 0 Å². The average Bonchev–Trinajstić information content (AvgIpc) is 2.37. The third-order valence-corrected chi connectivity index (χ3v) is 2.70. The van der Waals surface area contributed by atoms with Crippen LogP contribution in [0.2, 0.25) is 0 Å². The summed E-state index contributed by atoms with van der Waals surface area (Å²) < 4.78 is 10.0. The summed E-state index contributed by atoms with van der Waals surface area (Å²) in [6.45, 7) is 5.84. The fraction of sp³-hybridized carbons (Fsp3) is 0.467. The van der Waals surface area contributed by atoms with Crippen LogP contribution in [-0.2, 0) is 19.1 Å². The van der Waals surface area contributed by atoms with Gasteiger partial charge in [-0.2, -0.15) is 0 Å². The van der Waals surface area contributed by atoms with Crippen LogP contribution >= 0.6 is 0 Å². The summed E-state index contributed by atoms with van der Waals surface area (Å²) in [6, 6.07) is 0. The molecule has 1 N–H and O–H groups in total. The van der Waals surface area contributed by atoms with Crippen LogP contribution in [0.25, 0.3) is 0 Å². The van der Waals surface area contributed by atoms with E-state index in [9.17, 15) is 9.59 Å². The molecule has 0 saturated carbocycles. The predicted molar refractivity (Wildman–Crippen MR) is 82.7 cm³/mol. The first-order valence-electron chi connectivity index (χ1n) is 6.66. The first-order chi connectivity index (χ1) is 9.52. The van der Waals surface area contributed by atoms with Crippen molar-refractivity contribution in [3.8, 4) is 0 Å². The Morgan fingerprint density at radius 2 is 1.95 bits per heavy atom. The second-order valence-corrected chi connectivity index (χ2v) is 4.43. The zero-order valence-electron chi connectivity index (χ0n) is 12.2. The Hall–Kier alpha value is -1.04. The van der Waals surface area contributed by atoms with Crippen LogP contribution in [0.4, 0.5) is 0 Å². The van der Waals surface area contributed by atoms with E-state index < -0.39 is 0 Å². The van der Waals surface area contributed by atoms with E-state index in [0.717, 1.165) is 12.0 Å². The van der Waals surface area contributed by atoms with Gasteiger partial charge in [-0.15, -0.1) is 0 Å². The molecule has 0 unspecified atom stereocenters. The molecule has 0 bridgehead atoms. The molecule has 1 aliphatic carbocycles. The molecule has 0 radical (unpaired) electrons. The van der Waals surface area contributed by atoms with Gasteiger partial charge in [-0.25, -0.2) is 4.79 Å². The van der Waals surface area contributed by atoms with Crippen LogP contribution in [0.5, 0.6) is 0 Å². The van der Waals surface area contributed by atoms with Gasteiger partial charge in [0, 0.05) is 31.7 Å². The minimum atomic E-state index is -0.366. The Bertz CT molecular complexity index is 466. The number of esters is 2. The van der Waals surface area contributed by atoms with Gasteiger partial charge in [-0.05, 0) is 25.8 Å². The first kappa shape index (κ1) is 20.0. The Kier molecular flexibility index (Phi) is 10.1. The van der Waals surface area contributed by atoms with Crippen molar-refractivity contribution in [1.29, 1.82) is 0 Å². The Labute approximate surface area is 147 Å². The second kappa shape index (κ2) is 10.7. The monoisotopic (exact) mass is 303 g/mol. The molecular formula is C15H22NNaO4. The molecule has 0 amide bonds. The van der Waals surface area contributed by atoms with E-state index >= 15 is 0 Å². The summed E-state index contributed by atoms with van der Waals surface area (Å²) in [6.07, 6.45) is 6.78. The molecule has 0 aromatic carbocycles. The number of hydrogen-bond donors (Lipinski definition) is 1. The molecule has 5 nitrogen and oxygen atoms in total. The Morgan fingerprint density at radius 1 is 1.29 bits per heavy atom. The van der Waals surface area contributed by atoms with E-state index in [1.54, 1.807) is 13.8 Å². The zero-order chi connectivity index (χ0) is 15.0. The van der Waals surface area contributed by atoms with Gasteiger partial charge in [0.15, 0.2) is 0 Å². The summed E-state index contributed by atoms with van der Waals surface area (Å²) >= 11 is 0. The summed E-state index contributed by atoms with van der Waals surface area (Å²) in [5.74, 6) is 0.0123. The number of carbonyl (C=O) groups excluding carboxylic acids is 2. The van der Waals surface area contributed by atoms with Crippen LogP contribution in [0.15, 0.2) is 35.3 Å². The maximum absolute atomic E-state index is 11.3. The van der Waals surface area contributed by atoms with E-state index in [2.05, 4.69) is 5.32 Å². The zero-order valence-corrected chi connectivity index (χ0v) is 12.2. The van der Waals surface area contributed by atoms with Crippen molar-refractivity contribution in [2.75, 3.05) is 13.2 Å². The van der Waals surface area contributed by atoms with Crippen molar-refractivity contribution in [3.05, 3.63) is 35.3 Å². The van der Waals surface area contributed by atoms with Crippen LogP contribution in [0, 0.1) is 0 Å². The Morgan fingerprint density at radius 3 is 2.57 bits per heavy atom. The number of carbonyl (C=O) groups is 2. The van der Waals surface area contributed by atoms with Crippen LogP contribution in [0.1, 0.15) is 33.6 Å². The third-order valence-electron chi connectivity index (χ3n) is 2.70. The quantitative estimate of drug-likeness (QED) is 0.349. The molecule has 0 fully saturated rings. The van der Waals surface area contributed by atoms with Gasteiger partial charge in [0.2, 0.25) is 0 Å². The van der Waals surface area contributed by atoms with E-state index in [4.69, 9.17) is 9.47 Å². The predicted octanol–water partition coefficient (Wildman–Crippen LogP) is 1.56. The normalized spacial score (nSPS) is 14.3. The molecule has 0 saturated heterocycles. The number of rotatable bonds is 6. The van der Waals surface area contributed by atoms with Gasteiger partial charge in [0.05, 0.1) is 6.61 Å².